The van der Waals surface area contributed by atoms with Crippen LogP contribution in [0.3, 0.4) is 0 Å². The Labute approximate surface area is 198 Å². The number of amides is 1. The molecule has 0 aliphatic heterocycles. The molecule has 1 N–H and O–H groups in total. The third kappa shape index (κ3) is 4.70. The summed E-state index contributed by atoms with van der Waals surface area (Å²) in [6.07, 6.45) is 1.52. The van der Waals surface area contributed by atoms with E-state index < -0.39 is 5.91 Å². The number of benzene rings is 2. The normalized spacial score (nSPS) is 11.3. The lowest BCUT2D eigenvalue weighted by Gasteiger charge is -2.09. The summed E-state index contributed by atoms with van der Waals surface area (Å²) in [5.41, 5.74) is 3.82. The van der Waals surface area contributed by atoms with Crippen molar-refractivity contribution in [2.75, 3.05) is 5.32 Å². The van der Waals surface area contributed by atoms with Gasteiger partial charge in [-0.15, -0.1) is 10.2 Å². The van der Waals surface area contributed by atoms with Crippen LogP contribution in [0.1, 0.15) is 17.0 Å². The van der Waals surface area contributed by atoms with Gasteiger partial charge >= 0.3 is 0 Å². The molecule has 0 radical (unpaired) electrons. The van der Waals surface area contributed by atoms with Crippen molar-refractivity contribution >= 4 is 40.1 Å². The Morgan fingerprint density at radius 3 is 2.61 bits per heavy atom. The minimum absolute atomic E-state index is 0.0798. The highest BCUT2D eigenvalue weighted by Gasteiger charge is 2.17. The molecule has 2 aromatic heterocycles. The molecule has 0 saturated carbocycles. The number of rotatable bonds is 5. The van der Waals surface area contributed by atoms with Gasteiger partial charge in [0, 0.05) is 22.6 Å². The van der Waals surface area contributed by atoms with Gasteiger partial charge in [0.2, 0.25) is 5.13 Å². The van der Waals surface area contributed by atoms with Crippen molar-refractivity contribution in [3.63, 3.8) is 0 Å². The summed E-state index contributed by atoms with van der Waals surface area (Å²) < 4.78 is 15.2. The quantitative estimate of drug-likeness (QED) is 0.284. The number of nitriles is 1. The average Bonchev–Trinajstić information content (AvgIpc) is 3.36. The number of hydrogen-bond donors (Lipinski definition) is 1. The average molecular weight is 478 g/mol. The molecule has 2 heterocycles. The van der Waals surface area contributed by atoms with E-state index in [1.54, 1.807) is 18.2 Å². The van der Waals surface area contributed by atoms with Crippen LogP contribution in [-0.2, 0) is 4.79 Å². The number of halogens is 2. The predicted octanol–water partition coefficient (Wildman–Crippen LogP) is 5.95. The van der Waals surface area contributed by atoms with Crippen molar-refractivity contribution in [1.82, 2.24) is 14.8 Å². The molecule has 4 aromatic rings. The first-order chi connectivity index (χ1) is 15.9. The Morgan fingerprint density at radius 2 is 1.91 bits per heavy atom. The fourth-order valence-corrected chi connectivity index (χ4v) is 4.47. The van der Waals surface area contributed by atoms with E-state index in [1.807, 2.05) is 48.7 Å². The van der Waals surface area contributed by atoms with Crippen LogP contribution in [0.15, 0.2) is 60.2 Å². The molecule has 0 spiro atoms. The summed E-state index contributed by atoms with van der Waals surface area (Å²) in [6, 6.07) is 17.1. The number of nitrogens with one attached hydrogen (secondary N) is 1. The molecule has 1 amide bonds. The molecule has 33 heavy (non-hydrogen) atoms. The third-order valence-corrected chi connectivity index (χ3v) is 6.17. The zero-order valence-electron chi connectivity index (χ0n) is 17.6. The highest BCUT2D eigenvalue weighted by Crippen LogP contribution is 2.32. The Morgan fingerprint density at radius 1 is 1.18 bits per heavy atom. The fraction of sp³-hybridized carbons (Fsp3) is 0.0833. The second-order valence-corrected chi connectivity index (χ2v) is 8.54. The molecular weight excluding hydrogens is 461 g/mol. The maximum absolute atomic E-state index is 13.3. The van der Waals surface area contributed by atoms with Crippen LogP contribution < -0.4 is 5.32 Å². The van der Waals surface area contributed by atoms with Gasteiger partial charge in [0.25, 0.3) is 5.91 Å². The van der Waals surface area contributed by atoms with Gasteiger partial charge in [-0.1, -0.05) is 41.1 Å². The Kier molecular flexibility index (Phi) is 6.36. The molecule has 0 fully saturated rings. The van der Waals surface area contributed by atoms with E-state index in [2.05, 4.69) is 15.5 Å². The molecule has 4 rings (SSSR count). The molecule has 0 atom stereocenters. The molecule has 0 aliphatic rings. The van der Waals surface area contributed by atoms with Gasteiger partial charge < -0.3 is 4.57 Å². The van der Waals surface area contributed by atoms with Gasteiger partial charge in [0.1, 0.15) is 17.5 Å². The van der Waals surface area contributed by atoms with E-state index in [0.717, 1.165) is 28.4 Å². The van der Waals surface area contributed by atoms with Crippen molar-refractivity contribution in [3.8, 4) is 22.3 Å². The molecular formula is C24H17ClFN5OS. The lowest BCUT2D eigenvalue weighted by Crippen LogP contribution is -2.13. The molecule has 0 unspecified atom stereocenters. The largest absolute Gasteiger partial charge is 0.318 e. The second-order valence-electron chi connectivity index (χ2n) is 7.15. The summed E-state index contributed by atoms with van der Waals surface area (Å²) >= 11 is 7.36. The maximum atomic E-state index is 13.3. The van der Waals surface area contributed by atoms with Crippen molar-refractivity contribution in [2.45, 2.75) is 13.8 Å². The number of anilines is 1. The van der Waals surface area contributed by atoms with Crippen LogP contribution in [0.2, 0.25) is 5.02 Å². The van der Waals surface area contributed by atoms with Gasteiger partial charge in [-0.2, -0.15) is 5.26 Å². The summed E-state index contributed by atoms with van der Waals surface area (Å²) in [6.45, 7) is 3.77. The van der Waals surface area contributed by atoms with Crippen LogP contribution >= 0.6 is 22.9 Å². The van der Waals surface area contributed by atoms with E-state index in [-0.39, 0.29) is 16.5 Å². The number of carbonyl (C=O) groups excluding carboxylic acids is 1. The van der Waals surface area contributed by atoms with Gasteiger partial charge in [0.05, 0.1) is 5.02 Å². The minimum atomic E-state index is -0.592. The van der Waals surface area contributed by atoms with Crippen molar-refractivity contribution in [2.24, 2.45) is 0 Å². The van der Waals surface area contributed by atoms with E-state index in [1.165, 1.54) is 18.2 Å². The monoisotopic (exact) mass is 477 g/mol. The van der Waals surface area contributed by atoms with E-state index in [0.29, 0.717) is 21.2 Å². The minimum Gasteiger partial charge on any atom is -0.318 e. The number of aromatic nitrogens is 3. The molecule has 164 valence electrons. The predicted molar refractivity (Wildman–Crippen MR) is 128 cm³/mol. The van der Waals surface area contributed by atoms with Crippen LogP contribution in [-0.4, -0.2) is 20.7 Å². The lowest BCUT2D eigenvalue weighted by atomic mass is 10.1. The fourth-order valence-electron chi connectivity index (χ4n) is 3.41. The lowest BCUT2D eigenvalue weighted by molar-refractivity contribution is -0.112. The van der Waals surface area contributed by atoms with Crippen molar-refractivity contribution < 1.29 is 9.18 Å². The third-order valence-electron chi connectivity index (χ3n) is 4.97. The molecule has 2 aromatic carbocycles. The standard InChI is InChI=1S/C24H17ClFN5OS/c1-14-11-16(15(2)31(14)19-9-7-18(26)8-10-19)12-17(13-27)22(32)28-24-30-29-23(33-24)20-5-3-4-6-21(20)25/h3-12H,1-2H3,(H,28,30,32)/b17-12-. The zero-order chi connectivity index (χ0) is 23.5. The van der Waals surface area contributed by atoms with Crippen molar-refractivity contribution in [1.29, 1.82) is 5.26 Å². The Bertz CT molecular complexity index is 1420. The number of carbonyl (C=O) groups is 1. The van der Waals surface area contributed by atoms with Crippen LogP contribution in [0.25, 0.3) is 22.3 Å². The molecule has 0 aliphatic carbocycles. The number of aryl methyl sites for hydroxylation is 1. The SMILES string of the molecule is Cc1cc(/C=C(/C#N)C(=O)Nc2nnc(-c3ccccc3Cl)s2)c(C)n1-c1ccc(F)cc1. The van der Waals surface area contributed by atoms with E-state index >= 15 is 0 Å². The summed E-state index contributed by atoms with van der Waals surface area (Å²) in [5, 5.41) is 21.6. The van der Waals surface area contributed by atoms with E-state index in [4.69, 9.17) is 11.6 Å². The van der Waals surface area contributed by atoms with Crippen LogP contribution in [0, 0.1) is 31.0 Å². The Hall–Kier alpha value is -3.80. The van der Waals surface area contributed by atoms with Gasteiger partial charge in [0.15, 0.2) is 5.01 Å². The Balaban J connectivity index is 1.58. The van der Waals surface area contributed by atoms with Gasteiger partial charge in [-0.3, -0.25) is 10.1 Å². The summed E-state index contributed by atoms with van der Waals surface area (Å²) in [4.78, 5) is 12.7. The smallest absolute Gasteiger partial charge is 0.268 e. The second kappa shape index (κ2) is 9.36. The first kappa shape index (κ1) is 22.4. The van der Waals surface area contributed by atoms with Crippen molar-refractivity contribution in [3.05, 3.63) is 88.0 Å². The molecule has 6 nitrogen and oxygen atoms in total. The highest BCUT2D eigenvalue weighted by molar-refractivity contribution is 7.18. The topological polar surface area (TPSA) is 83.6 Å². The summed E-state index contributed by atoms with van der Waals surface area (Å²) in [7, 11) is 0. The maximum Gasteiger partial charge on any atom is 0.268 e. The molecule has 9 heteroatoms. The van der Waals surface area contributed by atoms with Gasteiger partial charge in [-0.25, -0.2) is 4.39 Å². The van der Waals surface area contributed by atoms with Gasteiger partial charge in [-0.05, 0) is 61.9 Å². The first-order valence-corrected chi connectivity index (χ1v) is 11.0. The van der Waals surface area contributed by atoms with Crippen LogP contribution in [0.5, 0.6) is 0 Å². The van der Waals surface area contributed by atoms with E-state index in [9.17, 15) is 14.4 Å². The molecule has 0 saturated heterocycles. The first-order valence-electron chi connectivity index (χ1n) is 9.84. The highest BCUT2D eigenvalue weighted by atomic mass is 35.5. The zero-order valence-corrected chi connectivity index (χ0v) is 19.2. The number of hydrogen-bond acceptors (Lipinski definition) is 5. The summed E-state index contributed by atoms with van der Waals surface area (Å²) in [5.74, 6) is -0.912. The number of nitrogens with zero attached hydrogens (tertiary/aromatic N) is 4. The molecule has 0 bridgehead atoms. The van der Waals surface area contributed by atoms with Crippen LogP contribution in [0.4, 0.5) is 9.52 Å².